The number of allylic oxidation sites excluding steroid dienone is 2. The fourth-order valence-corrected chi connectivity index (χ4v) is 7.88. The number of ketones is 1. The zero-order chi connectivity index (χ0) is 26.9. The molecule has 0 aromatic heterocycles. The minimum Gasteiger partial charge on any atom is -0.462 e. The summed E-state index contributed by atoms with van der Waals surface area (Å²) in [5.74, 6) is -1.41. The van der Waals surface area contributed by atoms with Crippen LogP contribution in [0.3, 0.4) is 0 Å². The van der Waals surface area contributed by atoms with Gasteiger partial charge in [-0.15, -0.1) is 0 Å². The molecule has 6 aliphatic rings. The number of epoxide rings is 1. The van der Waals surface area contributed by atoms with E-state index in [1.807, 2.05) is 0 Å². The molecule has 0 unspecified atom stereocenters. The largest absolute Gasteiger partial charge is 0.462 e. The van der Waals surface area contributed by atoms with Crippen molar-refractivity contribution in [2.75, 3.05) is 19.8 Å². The normalized spacial score (nSPS) is 48.6. The van der Waals surface area contributed by atoms with Gasteiger partial charge in [0.15, 0.2) is 11.4 Å². The van der Waals surface area contributed by atoms with E-state index in [2.05, 4.69) is 19.9 Å². The fraction of sp³-hybridized carbons (Fsp3) is 0.690. The number of hydrogen-bond donors (Lipinski definition) is 1. The van der Waals surface area contributed by atoms with Crippen LogP contribution < -0.4 is 0 Å². The summed E-state index contributed by atoms with van der Waals surface area (Å²) < 4.78 is 30.6. The third kappa shape index (κ3) is 3.48. The van der Waals surface area contributed by atoms with Gasteiger partial charge in [-0.2, -0.15) is 0 Å². The van der Waals surface area contributed by atoms with Crippen molar-refractivity contribution < 1.29 is 43.2 Å². The van der Waals surface area contributed by atoms with E-state index in [4.69, 9.17) is 23.7 Å². The van der Waals surface area contributed by atoms with Crippen LogP contribution >= 0.6 is 0 Å². The summed E-state index contributed by atoms with van der Waals surface area (Å²) >= 11 is 0. The maximum absolute atomic E-state index is 13.2. The Balaban J connectivity index is 1.42. The van der Waals surface area contributed by atoms with E-state index in [0.717, 1.165) is 6.42 Å². The van der Waals surface area contributed by atoms with Crippen LogP contribution in [0, 0.1) is 10.8 Å². The first-order valence-corrected chi connectivity index (χ1v) is 13.6. The Morgan fingerprint density at radius 3 is 2.61 bits per heavy atom. The first-order valence-electron chi connectivity index (χ1n) is 13.6. The molecule has 0 aromatic carbocycles. The van der Waals surface area contributed by atoms with Crippen molar-refractivity contribution in [1.29, 1.82) is 0 Å². The molecule has 1 saturated carbocycles. The molecule has 4 bridgehead atoms. The predicted octanol–water partition coefficient (Wildman–Crippen LogP) is 2.50. The van der Waals surface area contributed by atoms with Crippen LogP contribution in [0.15, 0.2) is 35.5 Å². The molecule has 6 rings (SSSR count). The second-order valence-corrected chi connectivity index (χ2v) is 12.0. The molecule has 3 saturated heterocycles. The van der Waals surface area contributed by atoms with Crippen LogP contribution in [-0.4, -0.2) is 78.3 Å². The van der Waals surface area contributed by atoms with Crippen LogP contribution in [0.2, 0.25) is 0 Å². The van der Waals surface area contributed by atoms with Crippen LogP contribution in [-0.2, 0) is 38.1 Å². The lowest BCUT2D eigenvalue weighted by molar-refractivity contribution is -0.232. The number of fused-ring (bicyclic) bond motifs is 2. The lowest BCUT2D eigenvalue weighted by Crippen LogP contribution is -2.66. The van der Waals surface area contributed by atoms with Crippen LogP contribution in [0.1, 0.15) is 59.3 Å². The monoisotopic (exact) mass is 528 g/mol. The number of carbonyl (C=O) groups is 3. The maximum Gasteiger partial charge on any atom is 0.330 e. The highest BCUT2D eigenvalue weighted by molar-refractivity contribution is 5.88. The minimum atomic E-state index is -1.49. The van der Waals surface area contributed by atoms with Gasteiger partial charge in [0.1, 0.15) is 24.4 Å². The van der Waals surface area contributed by atoms with E-state index in [0.29, 0.717) is 37.9 Å². The minimum absolute atomic E-state index is 0.0483. The molecule has 4 heterocycles. The quantitative estimate of drug-likeness (QED) is 0.311. The van der Waals surface area contributed by atoms with Crippen LogP contribution in [0.5, 0.6) is 0 Å². The number of ether oxygens (including phenoxy) is 5. The molecule has 4 aliphatic heterocycles. The van der Waals surface area contributed by atoms with Crippen molar-refractivity contribution in [2.45, 2.75) is 94.9 Å². The highest BCUT2D eigenvalue weighted by atomic mass is 16.6. The van der Waals surface area contributed by atoms with Gasteiger partial charge in [0, 0.05) is 24.0 Å². The van der Waals surface area contributed by atoms with E-state index in [1.165, 1.54) is 24.6 Å². The molecule has 2 aliphatic carbocycles. The van der Waals surface area contributed by atoms with E-state index >= 15 is 0 Å². The van der Waals surface area contributed by atoms with Gasteiger partial charge in [-0.05, 0) is 51.5 Å². The first-order chi connectivity index (χ1) is 18.1. The summed E-state index contributed by atoms with van der Waals surface area (Å²) in [5.41, 5.74) is -1.77. The summed E-state index contributed by atoms with van der Waals surface area (Å²) in [6.07, 6.45) is 6.90. The zero-order valence-corrected chi connectivity index (χ0v) is 22.2. The number of aliphatic hydroxyl groups excluding tert-OH is 1. The Bertz CT molecular complexity index is 1150. The van der Waals surface area contributed by atoms with Crippen LogP contribution in [0.4, 0.5) is 0 Å². The van der Waals surface area contributed by atoms with Crippen molar-refractivity contribution in [2.24, 2.45) is 10.8 Å². The standard InChI is InChI=1S/C29H36O9/c1-17-7-10-27-15-34-24(32)13-19-8-11-35-28(18(2)30,25(19)33)9-5-4-6-23(31)38-20-14-22(37-21(27)12-17)29(16-36-29)26(20,27)3/h4,6,12-13,20-22,25,33H,5,7-11,14-16H2,1-3H3/b6-4-,19-13+/t20-,21-,22-,25-,26-,27-,28-,29+/m1/s1. The fourth-order valence-electron chi connectivity index (χ4n) is 7.88. The van der Waals surface area contributed by atoms with Crippen molar-refractivity contribution in [1.82, 2.24) is 0 Å². The van der Waals surface area contributed by atoms with Gasteiger partial charge < -0.3 is 28.8 Å². The molecular weight excluding hydrogens is 492 g/mol. The average Bonchev–Trinajstić information content (AvgIpc) is 3.65. The number of carbonyl (C=O) groups excluding carboxylic acids is 3. The van der Waals surface area contributed by atoms with Crippen molar-refractivity contribution in [3.05, 3.63) is 35.5 Å². The Kier molecular flexibility index (Phi) is 6.03. The third-order valence-electron chi connectivity index (χ3n) is 10.3. The second-order valence-electron chi connectivity index (χ2n) is 12.0. The van der Waals surface area contributed by atoms with E-state index in [1.54, 1.807) is 6.08 Å². The molecule has 2 spiro atoms. The number of esters is 2. The zero-order valence-electron chi connectivity index (χ0n) is 22.2. The van der Waals surface area contributed by atoms with Gasteiger partial charge in [0.05, 0.1) is 30.8 Å². The van der Waals surface area contributed by atoms with Gasteiger partial charge in [-0.25, -0.2) is 9.59 Å². The molecule has 8 atom stereocenters. The molecule has 38 heavy (non-hydrogen) atoms. The topological polar surface area (TPSA) is 121 Å². The number of hydrogen-bond acceptors (Lipinski definition) is 9. The Morgan fingerprint density at radius 2 is 1.87 bits per heavy atom. The van der Waals surface area contributed by atoms with Crippen molar-refractivity contribution >= 4 is 17.7 Å². The predicted molar refractivity (Wildman–Crippen MR) is 133 cm³/mol. The smallest absolute Gasteiger partial charge is 0.330 e. The second kappa shape index (κ2) is 8.84. The molecule has 1 N–H and O–H groups in total. The summed E-state index contributed by atoms with van der Waals surface area (Å²) in [5, 5.41) is 11.2. The summed E-state index contributed by atoms with van der Waals surface area (Å²) in [6, 6.07) is 0. The molecule has 4 fully saturated rings. The van der Waals surface area contributed by atoms with Crippen LogP contribution in [0.25, 0.3) is 0 Å². The lowest BCUT2D eigenvalue weighted by Gasteiger charge is -2.58. The number of Topliss-reactive ketones (excluding diaryl/α,β-unsaturated/α-hetero) is 1. The number of aliphatic hydroxyl groups is 1. The number of cyclic esters (lactones) is 1. The molecule has 206 valence electrons. The Morgan fingerprint density at radius 1 is 1.08 bits per heavy atom. The number of rotatable bonds is 1. The van der Waals surface area contributed by atoms with Crippen molar-refractivity contribution in [3.63, 3.8) is 0 Å². The first kappa shape index (κ1) is 25.9. The maximum atomic E-state index is 13.2. The molecule has 9 nitrogen and oxygen atoms in total. The van der Waals surface area contributed by atoms with Gasteiger partial charge in [0.2, 0.25) is 0 Å². The molecule has 0 amide bonds. The van der Waals surface area contributed by atoms with Gasteiger partial charge in [0.25, 0.3) is 0 Å². The highest BCUT2D eigenvalue weighted by Crippen LogP contribution is 2.72. The summed E-state index contributed by atoms with van der Waals surface area (Å²) in [6.45, 7) is 6.28. The van der Waals surface area contributed by atoms with E-state index < -0.39 is 46.2 Å². The molecule has 9 heteroatoms. The Labute approximate surface area is 222 Å². The van der Waals surface area contributed by atoms with E-state index in [9.17, 15) is 19.5 Å². The highest BCUT2D eigenvalue weighted by Gasteiger charge is 2.83. The van der Waals surface area contributed by atoms with Gasteiger partial charge >= 0.3 is 11.9 Å². The Hall–Kier alpha value is -2.33. The average molecular weight is 529 g/mol. The molecular formula is C29H36O9. The SMILES string of the molecule is CC(=O)[C@@]12CC/C=C\C(=O)O[C@@H]3C[C@H]4O[C@@H]5C=C(C)CC[C@]5(COC(=O)/C=C(\CCO1)[C@H]2O)[C@]3(C)[C@]41CO1. The lowest BCUT2D eigenvalue weighted by atomic mass is 9.51. The third-order valence-corrected chi connectivity index (χ3v) is 10.3. The van der Waals surface area contributed by atoms with Gasteiger partial charge in [-0.3, -0.25) is 4.79 Å². The molecule has 0 aromatic rings. The van der Waals surface area contributed by atoms with Crippen molar-refractivity contribution in [3.8, 4) is 0 Å². The van der Waals surface area contributed by atoms with E-state index in [-0.39, 0.29) is 37.6 Å². The molecule has 0 radical (unpaired) electrons. The summed E-state index contributed by atoms with van der Waals surface area (Å²) in [7, 11) is 0. The summed E-state index contributed by atoms with van der Waals surface area (Å²) in [4.78, 5) is 38.9. The van der Waals surface area contributed by atoms with Gasteiger partial charge in [-0.1, -0.05) is 24.6 Å².